The van der Waals surface area contributed by atoms with Crippen LogP contribution in [0.3, 0.4) is 0 Å². The first-order valence-electron chi connectivity index (χ1n) is 6.79. The standard InChI is InChI=1S/C18H14O4.ClH/c1-11(8-13-3-6-14(19)9-16(13)21)17-7-4-12-2-5-15(20)10-18(12)22-17;/h2-10H,1H3,(H2-,19,20,21);1H/p+1/b11-8+;. The summed E-state index contributed by atoms with van der Waals surface area (Å²) in [5, 5.41) is 29.6. The van der Waals surface area contributed by atoms with Crippen molar-refractivity contribution in [1.82, 2.24) is 0 Å². The molecule has 3 aromatic rings. The highest BCUT2D eigenvalue weighted by atomic mass is 35.5. The van der Waals surface area contributed by atoms with Crippen molar-refractivity contribution in [2.75, 3.05) is 0 Å². The molecule has 118 valence electrons. The molecule has 0 radical (unpaired) electrons. The van der Waals surface area contributed by atoms with Gasteiger partial charge in [-0.25, -0.2) is 4.42 Å². The molecule has 0 atom stereocenters. The Hall–Kier alpha value is -2.72. The van der Waals surface area contributed by atoms with Crippen molar-refractivity contribution in [1.29, 1.82) is 0 Å². The Morgan fingerprint density at radius 2 is 1.57 bits per heavy atom. The molecule has 0 aliphatic rings. The lowest BCUT2D eigenvalue weighted by Crippen LogP contribution is -1.82. The fourth-order valence-corrected chi connectivity index (χ4v) is 2.24. The van der Waals surface area contributed by atoms with Crippen LogP contribution in [0.1, 0.15) is 18.2 Å². The Morgan fingerprint density at radius 1 is 0.913 bits per heavy atom. The molecule has 0 bridgehead atoms. The zero-order chi connectivity index (χ0) is 15.7. The fraction of sp³-hybridized carbons (Fsp3) is 0.0556. The molecule has 0 aliphatic carbocycles. The molecule has 0 saturated carbocycles. The van der Waals surface area contributed by atoms with Crippen LogP contribution in [0.2, 0.25) is 0 Å². The summed E-state index contributed by atoms with van der Waals surface area (Å²) in [4.78, 5) is 0. The van der Waals surface area contributed by atoms with E-state index in [2.05, 4.69) is 0 Å². The maximum atomic E-state index is 9.83. The van der Waals surface area contributed by atoms with Crippen molar-refractivity contribution in [2.24, 2.45) is 0 Å². The normalized spacial score (nSPS) is 11.3. The molecule has 0 unspecified atom stereocenters. The Bertz CT molecular complexity index is 887. The van der Waals surface area contributed by atoms with Gasteiger partial charge < -0.3 is 15.3 Å². The SMILES string of the molecule is C/C(=C\c1ccc(O)cc1O)c1ccc2ccc(O)cc2[o+]1.Cl. The van der Waals surface area contributed by atoms with Crippen molar-refractivity contribution in [3.8, 4) is 17.2 Å². The number of aromatic hydroxyl groups is 3. The van der Waals surface area contributed by atoms with Gasteiger partial charge in [0.1, 0.15) is 17.2 Å². The summed E-state index contributed by atoms with van der Waals surface area (Å²) in [6, 6.07) is 13.1. The second-order valence-corrected chi connectivity index (χ2v) is 5.09. The number of rotatable bonds is 2. The molecule has 23 heavy (non-hydrogen) atoms. The summed E-state index contributed by atoms with van der Waals surface area (Å²) < 4.78 is 5.78. The first-order valence-corrected chi connectivity index (χ1v) is 6.79. The van der Waals surface area contributed by atoms with Crippen LogP contribution in [0.15, 0.2) is 52.9 Å². The number of allylic oxidation sites excluding steroid dienone is 1. The lowest BCUT2D eigenvalue weighted by atomic mass is 10.1. The molecule has 3 N–H and O–H groups in total. The van der Waals surface area contributed by atoms with E-state index in [9.17, 15) is 15.3 Å². The van der Waals surface area contributed by atoms with E-state index >= 15 is 0 Å². The summed E-state index contributed by atoms with van der Waals surface area (Å²) in [6.07, 6.45) is 1.77. The largest absolute Gasteiger partial charge is 0.508 e. The molecule has 0 amide bonds. The summed E-state index contributed by atoms with van der Waals surface area (Å²) in [5.74, 6) is 0.785. The zero-order valence-electron chi connectivity index (χ0n) is 12.4. The van der Waals surface area contributed by atoms with Crippen molar-refractivity contribution in [3.63, 3.8) is 0 Å². The summed E-state index contributed by atoms with van der Waals surface area (Å²) in [7, 11) is 0. The molecule has 0 saturated heterocycles. The summed E-state index contributed by atoms with van der Waals surface area (Å²) >= 11 is 0. The van der Waals surface area contributed by atoms with Gasteiger partial charge in [-0.3, -0.25) is 0 Å². The van der Waals surface area contributed by atoms with Gasteiger partial charge in [-0.2, -0.15) is 0 Å². The number of fused-ring (bicyclic) bond motifs is 1. The van der Waals surface area contributed by atoms with E-state index < -0.39 is 0 Å². The van der Waals surface area contributed by atoms with Gasteiger partial charge in [0.25, 0.3) is 0 Å². The predicted molar refractivity (Wildman–Crippen MR) is 92.9 cm³/mol. The van der Waals surface area contributed by atoms with Crippen LogP contribution in [0.25, 0.3) is 22.6 Å². The van der Waals surface area contributed by atoms with Crippen LogP contribution >= 0.6 is 12.4 Å². The average molecular weight is 332 g/mol. The van der Waals surface area contributed by atoms with Gasteiger partial charge in [0.05, 0.1) is 17.0 Å². The number of phenolic OH excluding ortho intramolecular Hbond substituents is 3. The van der Waals surface area contributed by atoms with Gasteiger partial charge in [0, 0.05) is 17.7 Å². The minimum absolute atomic E-state index is 0. The van der Waals surface area contributed by atoms with Crippen LogP contribution in [-0.2, 0) is 0 Å². The van der Waals surface area contributed by atoms with Crippen molar-refractivity contribution >= 4 is 35.0 Å². The molecule has 1 heterocycles. The number of phenols is 3. The molecule has 1 aromatic heterocycles. The van der Waals surface area contributed by atoms with Gasteiger partial charge >= 0.3 is 11.3 Å². The molecule has 3 rings (SSSR count). The number of hydrogen-bond donors (Lipinski definition) is 3. The molecular weight excluding hydrogens is 316 g/mol. The maximum Gasteiger partial charge on any atom is 0.364 e. The molecule has 0 fully saturated rings. The monoisotopic (exact) mass is 331 g/mol. The third-order valence-electron chi connectivity index (χ3n) is 3.41. The average Bonchev–Trinajstić information content (AvgIpc) is 2.49. The smallest absolute Gasteiger partial charge is 0.364 e. The first-order chi connectivity index (χ1) is 10.5. The van der Waals surface area contributed by atoms with E-state index in [4.69, 9.17) is 4.42 Å². The second-order valence-electron chi connectivity index (χ2n) is 5.09. The highest BCUT2D eigenvalue weighted by molar-refractivity contribution is 5.85. The van der Waals surface area contributed by atoms with Gasteiger partial charge in [-0.15, -0.1) is 12.4 Å². The van der Waals surface area contributed by atoms with Gasteiger partial charge in [0.2, 0.25) is 0 Å². The van der Waals surface area contributed by atoms with E-state index in [1.54, 1.807) is 30.3 Å². The van der Waals surface area contributed by atoms with Crippen LogP contribution in [0.4, 0.5) is 0 Å². The third kappa shape index (κ3) is 3.55. The number of benzene rings is 2. The van der Waals surface area contributed by atoms with Gasteiger partial charge in [-0.05, 0) is 43.3 Å². The van der Waals surface area contributed by atoms with Crippen LogP contribution in [-0.4, -0.2) is 15.3 Å². The molecule has 4 nitrogen and oxygen atoms in total. The Kier molecular flexibility index (Phi) is 4.77. The minimum Gasteiger partial charge on any atom is -0.508 e. The highest BCUT2D eigenvalue weighted by Crippen LogP contribution is 2.29. The Labute approximate surface area is 139 Å². The summed E-state index contributed by atoms with van der Waals surface area (Å²) in [6.45, 7) is 1.86. The van der Waals surface area contributed by atoms with Crippen LogP contribution in [0, 0.1) is 0 Å². The van der Waals surface area contributed by atoms with E-state index in [1.165, 1.54) is 12.1 Å². The van der Waals surface area contributed by atoms with E-state index in [0.717, 1.165) is 11.0 Å². The van der Waals surface area contributed by atoms with Crippen LogP contribution < -0.4 is 0 Å². The van der Waals surface area contributed by atoms with E-state index in [-0.39, 0.29) is 29.7 Å². The Morgan fingerprint density at radius 3 is 2.30 bits per heavy atom. The van der Waals surface area contributed by atoms with Crippen molar-refractivity contribution in [3.05, 3.63) is 59.9 Å². The van der Waals surface area contributed by atoms with Gasteiger partial charge in [-0.1, -0.05) is 0 Å². The molecule has 0 aliphatic heterocycles. The summed E-state index contributed by atoms with van der Waals surface area (Å²) in [5.41, 5.74) is 1.98. The predicted octanol–water partition coefficient (Wildman–Crippen LogP) is 4.81. The third-order valence-corrected chi connectivity index (χ3v) is 3.41. The second kappa shape index (κ2) is 6.58. The lowest BCUT2D eigenvalue weighted by molar-refractivity contribution is 0.450. The number of hydrogen-bond acceptors (Lipinski definition) is 3. The van der Waals surface area contributed by atoms with Crippen molar-refractivity contribution in [2.45, 2.75) is 6.92 Å². The molecule has 2 aromatic carbocycles. The Balaban J connectivity index is 0.00000192. The maximum absolute atomic E-state index is 9.83. The minimum atomic E-state index is -0.00205. The highest BCUT2D eigenvalue weighted by Gasteiger charge is 2.15. The fourth-order valence-electron chi connectivity index (χ4n) is 2.24. The topological polar surface area (TPSA) is 72.0 Å². The molecule has 5 heteroatoms. The number of halogens is 1. The van der Waals surface area contributed by atoms with E-state index in [0.29, 0.717) is 16.9 Å². The van der Waals surface area contributed by atoms with Gasteiger partial charge in [0.15, 0.2) is 0 Å². The van der Waals surface area contributed by atoms with Crippen LogP contribution in [0.5, 0.6) is 17.2 Å². The molecule has 0 spiro atoms. The van der Waals surface area contributed by atoms with E-state index in [1.807, 2.05) is 19.1 Å². The quantitative estimate of drug-likeness (QED) is 0.589. The first kappa shape index (κ1) is 16.6. The zero-order valence-corrected chi connectivity index (χ0v) is 13.2. The van der Waals surface area contributed by atoms with Crippen molar-refractivity contribution < 1.29 is 19.7 Å². The molecular formula is C18H16ClO4+. The lowest BCUT2D eigenvalue weighted by Gasteiger charge is -2.00.